The number of benzene rings is 1. The molecule has 2 saturated carbocycles. The third-order valence-electron chi connectivity index (χ3n) is 7.98. The Morgan fingerprint density at radius 2 is 1.44 bits per heavy atom. The molecule has 0 aliphatic heterocycles. The molecule has 36 heavy (non-hydrogen) atoms. The molecule has 0 aromatic heterocycles. The number of alkyl carbamates (subject to hydrolysis) is 1. The molecule has 200 valence electrons. The van der Waals surface area contributed by atoms with E-state index in [-0.39, 0.29) is 24.5 Å². The van der Waals surface area contributed by atoms with Gasteiger partial charge in [0.1, 0.15) is 12.2 Å². The minimum absolute atomic E-state index is 0.0664. The van der Waals surface area contributed by atoms with E-state index in [9.17, 15) is 19.5 Å². The summed E-state index contributed by atoms with van der Waals surface area (Å²) in [4.78, 5) is 35.5. The summed E-state index contributed by atoms with van der Waals surface area (Å²) in [5, 5.41) is 24.6. The number of rotatable bonds is 8. The van der Waals surface area contributed by atoms with E-state index in [1.54, 1.807) is 24.3 Å². The van der Waals surface area contributed by atoms with E-state index >= 15 is 0 Å². The Labute approximate surface area is 214 Å². The SMILES string of the molecule is CC1CC(CC2CCC(NC(=O)OCc3ccc(C(=O)C(C)(C)O)cc3)C(C)C2)CCC1NC(=O)O. The van der Waals surface area contributed by atoms with Gasteiger partial charge in [0.2, 0.25) is 0 Å². The van der Waals surface area contributed by atoms with Gasteiger partial charge in [-0.25, -0.2) is 9.59 Å². The average molecular weight is 503 g/mol. The normalized spacial score (nSPS) is 28.7. The summed E-state index contributed by atoms with van der Waals surface area (Å²) in [6.45, 7) is 7.36. The van der Waals surface area contributed by atoms with E-state index in [1.807, 2.05) is 0 Å². The molecular weight excluding hydrogens is 460 g/mol. The molecule has 2 aliphatic rings. The zero-order valence-electron chi connectivity index (χ0n) is 22.0. The van der Waals surface area contributed by atoms with E-state index in [1.165, 1.54) is 20.3 Å². The molecule has 0 bridgehead atoms. The van der Waals surface area contributed by atoms with Crippen molar-refractivity contribution < 1.29 is 29.3 Å². The van der Waals surface area contributed by atoms with Crippen molar-refractivity contribution in [3.8, 4) is 0 Å². The maximum atomic E-state index is 12.4. The summed E-state index contributed by atoms with van der Waals surface area (Å²) in [6, 6.07) is 6.89. The molecule has 4 N–H and O–H groups in total. The maximum Gasteiger partial charge on any atom is 0.407 e. The first-order chi connectivity index (χ1) is 16.9. The minimum Gasteiger partial charge on any atom is -0.465 e. The number of nitrogens with one attached hydrogen (secondary N) is 2. The van der Waals surface area contributed by atoms with Crippen LogP contribution in [0.2, 0.25) is 0 Å². The molecule has 8 heteroatoms. The molecule has 2 aliphatic carbocycles. The number of hydrogen-bond donors (Lipinski definition) is 4. The molecular formula is C28H42N2O6. The van der Waals surface area contributed by atoms with Gasteiger partial charge in [0, 0.05) is 17.6 Å². The number of carboxylic acid groups (broad SMARTS) is 1. The van der Waals surface area contributed by atoms with Gasteiger partial charge in [-0.2, -0.15) is 0 Å². The van der Waals surface area contributed by atoms with Crippen molar-refractivity contribution in [1.82, 2.24) is 10.6 Å². The summed E-state index contributed by atoms with van der Waals surface area (Å²) in [7, 11) is 0. The van der Waals surface area contributed by atoms with E-state index in [4.69, 9.17) is 9.84 Å². The largest absolute Gasteiger partial charge is 0.465 e. The lowest BCUT2D eigenvalue weighted by molar-refractivity contribution is 0.0488. The van der Waals surface area contributed by atoms with Crippen LogP contribution in [0.5, 0.6) is 0 Å². The molecule has 1 aromatic carbocycles. The molecule has 0 saturated heterocycles. The summed E-state index contributed by atoms with van der Waals surface area (Å²) in [5.41, 5.74) is -0.234. The summed E-state index contributed by atoms with van der Waals surface area (Å²) >= 11 is 0. The van der Waals surface area contributed by atoms with Crippen molar-refractivity contribution in [3.63, 3.8) is 0 Å². The first-order valence-electron chi connectivity index (χ1n) is 13.2. The fourth-order valence-electron chi connectivity index (χ4n) is 5.95. The highest BCUT2D eigenvalue weighted by molar-refractivity contribution is 6.01. The Balaban J connectivity index is 1.39. The van der Waals surface area contributed by atoms with Crippen LogP contribution < -0.4 is 10.6 Å². The highest BCUT2D eigenvalue weighted by Crippen LogP contribution is 2.39. The molecule has 0 radical (unpaired) electrons. The third-order valence-corrected chi connectivity index (χ3v) is 7.98. The second-order valence-corrected chi connectivity index (χ2v) is 11.5. The highest BCUT2D eigenvalue weighted by atomic mass is 16.5. The smallest absolute Gasteiger partial charge is 0.407 e. The maximum absolute atomic E-state index is 12.4. The van der Waals surface area contributed by atoms with Gasteiger partial charge in [0.15, 0.2) is 5.78 Å². The quantitative estimate of drug-likeness (QED) is 0.365. The van der Waals surface area contributed by atoms with Gasteiger partial charge >= 0.3 is 12.2 Å². The van der Waals surface area contributed by atoms with E-state index in [2.05, 4.69) is 24.5 Å². The second-order valence-electron chi connectivity index (χ2n) is 11.5. The molecule has 8 nitrogen and oxygen atoms in total. The second kappa shape index (κ2) is 12.1. The molecule has 1 aromatic rings. The number of Topliss-reactive ketones (excluding diaryl/α,β-unsaturated/α-hetero) is 1. The van der Waals surface area contributed by atoms with Crippen molar-refractivity contribution >= 4 is 18.0 Å². The fraction of sp³-hybridized carbons (Fsp3) is 0.679. The molecule has 6 atom stereocenters. The zero-order chi connectivity index (χ0) is 26.5. The first kappa shape index (κ1) is 28.0. The van der Waals surface area contributed by atoms with Gasteiger partial charge in [0.05, 0.1) is 0 Å². The Hall–Kier alpha value is -2.61. The topological polar surface area (TPSA) is 125 Å². The van der Waals surface area contributed by atoms with Crippen molar-refractivity contribution in [2.24, 2.45) is 23.7 Å². The number of aliphatic hydroxyl groups is 1. The average Bonchev–Trinajstić information content (AvgIpc) is 2.80. The van der Waals surface area contributed by atoms with Gasteiger partial charge in [-0.1, -0.05) is 38.1 Å². The number of amides is 2. The van der Waals surface area contributed by atoms with Crippen LogP contribution in [-0.4, -0.2) is 45.9 Å². The lowest BCUT2D eigenvalue weighted by Gasteiger charge is -2.39. The third kappa shape index (κ3) is 7.95. The minimum atomic E-state index is -1.43. The number of carbonyl (C=O) groups is 3. The van der Waals surface area contributed by atoms with Crippen LogP contribution in [0.15, 0.2) is 24.3 Å². The summed E-state index contributed by atoms with van der Waals surface area (Å²) < 4.78 is 5.41. The van der Waals surface area contributed by atoms with Gasteiger partial charge in [-0.05, 0) is 88.0 Å². The lowest BCUT2D eigenvalue weighted by atomic mass is 9.70. The number of carbonyl (C=O) groups excluding carboxylic acids is 2. The molecule has 2 amide bonds. The summed E-state index contributed by atoms with van der Waals surface area (Å²) in [6.07, 6.45) is 5.95. The number of ether oxygens (including phenoxy) is 1. The Bertz CT molecular complexity index is 910. The van der Waals surface area contributed by atoms with Crippen molar-refractivity contribution in [2.45, 2.75) is 96.9 Å². The van der Waals surface area contributed by atoms with E-state index in [0.717, 1.165) is 44.1 Å². The van der Waals surface area contributed by atoms with Crippen LogP contribution in [0.4, 0.5) is 9.59 Å². The molecule has 0 heterocycles. The molecule has 2 fully saturated rings. The Morgan fingerprint density at radius 1 is 0.917 bits per heavy atom. The van der Waals surface area contributed by atoms with Gasteiger partial charge < -0.3 is 25.6 Å². The van der Waals surface area contributed by atoms with Crippen LogP contribution in [0.25, 0.3) is 0 Å². The first-order valence-corrected chi connectivity index (χ1v) is 13.2. The standard InChI is InChI=1S/C28H42N2O6/c1-17-13-20(7-11-23(17)29-26(32)33)15-21-8-12-24(18(2)14-21)30-27(34)36-16-19-5-9-22(10-6-19)25(31)28(3,4)35/h5-6,9-10,17-18,20-21,23-24,29,35H,7-8,11-16H2,1-4H3,(H,30,34)(H,32,33). The van der Waals surface area contributed by atoms with Crippen LogP contribution in [0.3, 0.4) is 0 Å². The van der Waals surface area contributed by atoms with E-state index < -0.39 is 17.8 Å². The van der Waals surface area contributed by atoms with Gasteiger partial charge in [0.25, 0.3) is 0 Å². The number of ketones is 1. The molecule has 3 rings (SSSR count). The number of hydrogen-bond acceptors (Lipinski definition) is 5. The highest BCUT2D eigenvalue weighted by Gasteiger charge is 2.34. The van der Waals surface area contributed by atoms with Gasteiger partial charge in [-0.3, -0.25) is 4.79 Å². The Kier molecular flexibility index (Phi) is 9.39. The van der Waals surface area contributed by atoms with Crippen molar-refractivity contribution in [2.75, 3.05) is 0 Å². The van der Waals surface area contributed by atoms with Crippen LogP contribution >= 0.6 is 0 Å². The van der Waals surface area contributed by atoms with Crippen molar-refractivity contribution in [1.29, 1.82) is 0 Å². The zero-order valence-corrected chi connectivity index (χ0v) is 22.0. The fourth-order valence-corrected chi connectivity index (χ4v) is 5.95. The predicted molar refractivity (Wildman–Crippen MR) is 137 cm³/mol. The molecule has 0 spiro atoms. The summed E-state index contributed by atoms with van der Waals surface area (Å²) in [5.74, 6) is 1.66. The van der Waals surface area contributed by atoms with Crippen molar-refractivity contribution in [3.05, 3.63) is 35.4 Å². The van der Waals surface area contributed by atoms with Crippen LogP contribution in [0.1, 0.15) is 88.6 Å². The van der Waals surface area contributed by atoms with Crippen LogP contribution in [-0.2, 0) is 11.3 Å². The van der Waals surface area contributed by atoms with Crippen LogP contribution in [0, 0.1) is 23.7 Å². The monoisotopic (exact) mass is 502 g/mol. The van der Waals surface area contributed by atoms with E-state index in [0.29, 0.717) is 29.2 Å². The predicted octanol–water partition coefficient (Wildman–Crippen LogP) is 5.13. The molecule has 6 unspecified atom stereocenters. The van der Waals surface area contributed by atoms with Gasteiger partial charge in [-0.15, -0.1) is 0 Å². The Morgan fingerprint density at radius 3 is 1.92 bits per heavy atom. The lowest BCUT2D eigenvalue weighted by Crippen LogP contribution is -2.44.